The molecule has 25 heavy (non-hydrogen) atoms. The van der Waals surface area contributed by atoms with Crippen molar-refractivity contribution >= 4 is 35.8 Å². The molecule has 8 heteroatoms. The Morgan fingerprint density at radius 3 is 2.40 bits per heavy atom. The van der Waals surface area contributed by atoms with Crippen molar-refractivity contribution in [1.29, 1.82) is 0 Å². The van der Waals surface area contributed by atoms with E-state index in [-0.39, 0.29) is 29.9 Å². The van der Waals surface area contributed by atoms with Crippen molar-refractivity contribution in [1.82, 2.24) is 20.9 Å². The summed E-state index contributed by atoms with van der Waals surface area (Å²) in [6, 6.07) is 9.12. The van der Waals surface area contributed by atoms with Gasteiger partial charge in [-0.05, 0) is 26.0 Å². The van der Waals surface area contributed by atoms with Crippen LogP contribution >= 0.6 is 24.0 Å². The van der Waals surface area contributed by atoms with E-state index < -0.39 is 0 Å². The predicted molar refractivity (Wildman–Crippen MR) is 108 cm³/mol. The van der Waals surface area contributed by atoms with Gasteiger partial charge in [-0.1, -0.05) is 18.2 Å². The summed E-state index contributed by atoms with van der Waals surface area (Å²) in [5.74, 6) is 1.97. The Labute approximate surface area is 164 Å². The number of guanidine groups is 1. The number of amides is 1. The van der Waals surface area contributed by atoms with Crippen LogP contribution in [0.4, 0.5) is 0 Å². The van der Waals surface area contributed by atoms with Gasteiger partial charge in [-0.3, -0.25) is 9.79 Å². The summed E-state index contributed by atoms with van der Waals surface area (Å²) in [6.07, 6.45) is 0. The Bertz CT molecular complexity index is 681. The molecule has 1 aromatic carbocycles. The van der Waals surface area contributed by atoms with Gasteiger partial charge in [0.2, 0.25) is 5.89 Å². The summed E-state index contributed by atoms with van der Waals surface area (Å²) in [6.45, 7) is 5.29. The Morgan fingerprint density at radius 2 is 1.80 bits per heavy atom. The van der Waals surface area contributed by atoms with Gasteiger partial charge in [0.15, 0.2) is 5.96 Å². The largest absolute Gasteiger partial charge is 0.444 e. The van der Waals surface area contributed by atoms with E-state index in [0.29, 0.717) is 37.0 Å². The van der Waals surface area contributed by atoms with Crippen molar-refractivity contribution in [3.8, 4) is 0 Å². The summed E-state index contributed by atoms with van der Waals surface area (Å²) in [5.41, 5.74) is 1.54. The molecular formula is C17H24IN5O2. The molecule has 0 bridgehead atoms. The smallest absolute Gasteiger partial charge is 0.251 e. The highest BCUT2D eigenvalue weighted by atomic mass is 127. The van der Waals surface area contributed by atoms with E-state index in [2.05, 4.69) is 25.9 Å². The molecule has 0 saturated heterocycles. The number of nitrogens with one attached hydrogen (secondary N) is 3. The molecule has 0 aliphatic heterocycles. The van der Waals surface area contributed by atoms with Crippen molar-refractivity contribution in [2.24, 2.45) is 4.99 Å². The number of aromatic nitrogens is 1. The average molecular weight is 457 g/mol. The highest BCUT2D eigenvalue weighted by molar-refractivity contribution is 14.0. The molecule has 1 aromatic heterocycles. The lowest BCUT2D eigenvalue weighted by Crippen LogP contribution is -2.41. The van der Waals surface area contributed by atoms with Crippen molar-refractivity contribution in [3.63, 3.8) is 0 Å². The van der Waals surface area contributed by atoms with Gasteiger partial charge in [0, 0.05) is 25.7 Å². The summed E-state index contributed by atoms with van der Waals surface area (Å²) < 4.78 is 5.50. The molecular weight excluding hydrogens is 433 g/mol. The Hall–Kier alpha value is -2.10. The second-order valence-corrected chi connectivity index (χ2v) is 5.22. The lowest BCUT2D eigenvalue weighted by molar-refractivity contribution is 0.0954. The third-order valence-electron chi connectivity index (χ3n) is 3.44. The number of carbonyl (C=O) groups is 1. The van der Waals surface area contributed by atoms with Crippen LogP contribution in [0.25, 0.3) is 0 Å². The second-order valence-electron chi connectivity index (χ2n) is 5.22. The molecule has 0 atom stereocenters. The van der Waals surface area contributed by atoms with Gasteiger partial charge in [-0.2, -0.15) is 0 Å². The Balaban J connectivity index is 0.00000312. The van der Waals surface area contributed by atoms with Crippen LogP contribution < -0.4 is 16.0 Å². The van der Waals surface area contributed by atoms with Crippen LogP contribution in [-0.4, -0.2) is 37.0 Å². The number of hydrogen-bond acceptors (Lipinski definition) is 4. The first-order chi connectivity index (χ1) is 11.6. The van der Waals surface area contributed by atoms with Gasteiger partial charge < -0.3 is 20.4 Å². The van der Waals surface area contributed by atoms with Crippen molar-refractivity contribution < 1.29 is 9.21 Å². The van der Waals surface area contributed by atoms with Crippen molar-refractivity contribution in [3.05, 3.63) is 53.2 Å². The summed E-state index contributed by atoms with van der Waals surface area (Å²) in [4.78, 5) is 20.3. The number of carbonyl (C=O) groups excluding carboxylic acids is 1. The molecule has 136 valence electrons. The third kappa shape index (κ3) is 6.73. The van der Waals surface area contributed by atoms with E-state index >= 15 is 0 Å². The van der Waals surface area contributed by atoms with Crippen molar-refractivity contribution in [2.75, 3.05) is 20.1 Å². The lowest BCUT2D eigenvalue weighted by atomic mass is 10.2. The maximum Gasteiger partial charge on any atom is 0.251 e. The number of aryl methyl sites for hydroxylation is 2. The molecule has 0 unspecified atom stereocenters. The Morgan fingerprint density at radius 1 is 1.12 bits per heavy atom. The molecule has 2 aromatic rings. The highest BCUT2D eigenvalue weighted by Crippen LogP contribution is 2.07. The van der Waals surface area contributed by atoms with E-state index in [0.717, 1.165) is 11.5 Å². The first-order valence-corrected chi connectivity index (χ1v) is 7.81. The number of halogens is 1. The van der Waals surface area contributed by atoms with Crippen LogP contribution in [-0.2, 0) is 6.54 Å². The monoisotopic (exact) mass is 457 g/mol. The average Bonchev–Trinajstić information content (AvgIpc) is 2.93. The van der Waals surface area contributed by atoms with Gasteiger partial charge in [-0.15, -0.1) is 24.0 Å². The lowest BCUT2D eigenvalue weighted by Gasteiger charge is -2.11. The summed E-state index contributed by atoms with van der Waals surface area (Å²) >= 11 is 0. The van der Waals surface area contributed by atoms with Crippen LogP contribution in [0.5, 0.6) is 0 Å². The summed E-state index contributed by atoms with van der Waals surface area (Å²) in [7, 11) is 1.68. The Kier molecular flexibility index (Phi) is 8.96. The quantitative estimate of drug-likeness (QED) is 0.267. The number of aliphatic imine (C=N–C) groups is 1. The SMILES string of the molecule is CN=C(NCCNC(=O)c1ccccc1)NCc1nc(C)c(C)o1.I. The normalized spacial score (nSPS) is 10.8. The van der Waals surface area contributed by atoms with Gasteiger partial charge in [0.25, 0.3) is 5.91 Å². The molecule has 3 N–H and O–H groups in total. The fourth-order valence-corrected chi connectivity index (χ4v) is 2.04. The van der Waals surface area contributed by atoms with Crippen LogP contribution in [0, 0.1) is 13.8 Å². The van der Waals surface area contributed by atoms with E-state index in [9.17, 15) is 4.79 Å². The number of rotatable bonds is 6. The molecule has 2 rings (SSSR count). The van der Waals surface area contributed by atoms with E-state index in [1.165, 1.54) is 0 Å². The standard InChI is InChI=1S/C17H23N5O2.HI/c1-12-13(2)24-15(22-12)11-21-17(18-3)20-10-9-19-16(23)14-7-5-4-6-8-14;/h4-8H,9-11H2,1-3H3,(H,19,23)(H2,18,20,21);1H. The number of oxazole rings is 1. The van der Waals surface area contributed by atoms with Gasteiger partial charge >= 0.3 is 0 Å². The molecule has 0 spiro atoms. The van der Waals surface area contributed by atoms with E-state index in [1.807, 2.05) is 32.0 Å². The van der Waals surface area contributed by atoms with Crippen LogP contribution in [0.3, 0.4) is 0 Å². The zero-order valence-corrected chi connectivity index (χ0v) is 17.0. The molecule has 0 aliphatic rings. The third-order valence-corrected chi connectivity index (χ3v) is 3.44. The van der Waals surface area contributed by atoms with Crippen LogP contribution in [0.1, 0.15) is 27.7 Å². The van der Waals surface area contributed by atoms with Gasteiger partial charge in [0.1, 0.15) is 5.76 Å². The van der Waals surface area contributed by atoms with Gasteiger partial charge in [0.05, 0.1) is 12.2 Å². The zero-order chi connectivity index (χ0) is 17.4. The number of benzene rings is 1. The van der Waals surface area contributed by atoms with E-state index in [4.69, 9.17) is 4.42 Å². The molecule has 1 heterocycles. The summed E-state index contributed by atoms with van der Waals surface area (Å²) in [5, 5.41) is 9.09. The molecule has 7 nitrogen and oxygen atoms in total. The van der Waals surface area contributed by atoms with Gasteiger partial charge in [-0.25, -0.2) is 4.98 Å². The van der Waals surface area contributed by atoms with E-state index in [1.54, 1.807) is 19.2 Å². The minimum Gasteiger partial charge on any atom is -0.444 e. The minimum atomic E-state index is -0.0916. The molecule has 0 radical (unpaired) electrons. The molecule has 0 aliphatic carbocycles. The predicted octanol–water partition coefficient (Wildman–Crippen LogP) is 2.00. The fourth-order valence-electron chi connectivity index (χ4n) is 2.04. The fraction of sp³-hybridized carbons (Fsp3) is 0.353. The van der Waals surface area contributed by atoms with Crippen molar-refractivity contribution in [2.45, 2.75) is 20.4 Å². The van der Waals surface area contributed by atoms with Crippen LogP contribution in [0.15, 0.2) is 39.7 Å². The van der Waals surface area contributed by atoms with Crippen LogP contribution in [0.2, 0.25) is 0 Å². The topological polar surface area (TPSA) is 91.5 Å². The zero-order valence-electron chi connectivity index (χ0n) is 14.6. The number of nitrogens with zero attached hydrogens (tertiary/aromatic N) is 2. The number of hydrogen-bond donors (Lipinski definition) is 3. The maximum atomic E-state index is 11.9. The maximum absolute atomic E-state index is 11.9. The second kappa shape index (κ2) is 10.7. The highest BCUT2D eigenvalue weighted by Gasteiger charge is 2.07. The molecule has 0 saturated carbocycles. The molecule has 1 amide bonds. The molecule has 0 fully saturated rings. The first-order valence-electron chi connectivity index (χ1n) is 7.81. The first kappa shape index (κ1) is 20.9. The minimum absolute atomic E-state index is 0.